The van der Waals surface area contributed by atoms with Crippen LogP contribution in [-0.2, 0) is 6.42 Å². The zero-order chi connectivity index (χ0) is 15.9. The van der Waals surface area contributed by atoms with Gasteiger partial charge in [0.15, 0.2) is 0 Å². The fraction of sp³-hybridized carbons (Fsp3) is 0.278. The first kappa shape index (κ1) is 16.6. The minimum absolute atomic E-state index is 0.138. The molecule has 4 heteroatoms. The molecule has 3 nitrogen and oxygen atoms in total. The summed E-state index contributed by atoms with van der Waals surface area (Å²) in [6.07, 6.45) is 1.93. The van der Waals surface area contributed by atoms with Crippen molar-refractivity contribution >= 4 is 17.7 Å². The number of thioether (sulfide) groups is 1. The first-order chi connectivity index (χ1) is 10.6. The Balaban J connectivity index is 1.92. The minimum Gasteiger partial charge on any atom is -0.391 e. The lowest BCUT2D eigenvalue weighted by atomic mass is 10.1. The van der Waals surface area contributed by atoms with Crippen LogP contribution >= 0.6 is 11.8 Å². The molecular weight excluding hydrogens is 294 g/mol. The molecular formula is C18H21NO2S. The van der Waals surface area contributed by atoms with Gasteiger partial charge in [-0.1, -0.05) is 36.4 Å². The van der Waals surface area contributed by atoms with Crippen molar-refractivity contribution in [2.24, 2.45) is 0 Å². The zero-order valence-corrected chi connectivity index (χ0v) is 13.7. The van der Waals surface area contributed by atoms with Crippen molar-refractivity contribution in [2.75, 3.05) is 12.8 Å². The number of carbonyl (C=O) groups excluding carboxylic acids is 1. The molecule has 0 fully saturated rings. The Labute approximate surface area is 135 Å². The topological polar surface area (TPSA) is 49.3 Å². The quantitative estimate of drug-likeness (QED) is 0.806. The maximum absolute atomic E-state index is 12.3. The molecule has 0 spiro atoms. The van der Waals surface area contributed by atoms with Crippen molar-refractivity contribution in [2.45, 2.75) is 24.3 Å². The van der Waals surface area contributed by atoms with Crippen LogP contribution in [0.3, 0.4) is 0 Å². The average Bonchev–Trinajstić information content (AvgIpc) is 2.54. The molecule has 0 bridgehead atoms. The van der Waals surface area contributed by atoms with E-state index in [1.165, 1.54) is 0 Å². The number of rotatable bonds is 6. The van der Waals surface area contributed by atoms with Crippen LogP contribution in [0.15, 0.2) is 53.4 Å². The maximum Gasteiger partial charge on any atom is 0.251 e. The fourth-order valence-electron chi connectivity index (χ4n) is 2.24. The third-order valence-electron chi connectivity index (χ3n) is 3.50. The highest BCUT2D eigenvalue weighted by Gasteiger charge is 2.12. The van der Waals surface area contributed by atoms with E-state index in [9.17, 15) is 9.90 Å². The van der Waals surface area contributed by atoms with Crippen LogP contribution in [0.5, 0.6) is 0 Å². The molecule has 1 amide bonds. The predicted octanol–water partition coefficient (Wildman–Crippen LogP) is 3.05. The summed E-state index contributed by atoms with van der Waals surface area (Å²) < 4.78 is 0. The Morgan fingerprint density at radius 2 is 1.95 bits per heavy atom. The first-order valence-corrected chi connectivity index (χ1v) is 8.47. The fourth-order valence-corrected chi connectivity index (χ4v) is 2.68. The summed E-state index contributed by atoms with van der Waals surface area (Å²) in [5, 5.41) is 12.9. The molecule has 0 aromatic heterocycles. The largest absolute Gasteiger partial charge is 0.391 e. The Hall–Kier alpha value is -1.78. The SMILES string of the molecule is CSc1ccc(C)c(C(=O)NCC(O)Cc2ccccc2)c1. The second-order valence-electron chi connectivity index (χ2n) is 5.23. The van der Waals surface area contributed by atoms with Crippen LogP contribution in [0.4, 0.5) is 0 Å². The highest BCUT2D eigenvalue weighted by molar-refractivity contribution is 7.98. The van der Waals surface area contributed by atoms with E-state index in [2.05, 4.69) is 5.32 Å². The number of nitrogens with one attached hydrogen (secondary N) is 1. The smallest absolute Gasteiger partial charge is 0.251 e. The van der Waals surface area contributed by atoms with Crippen LogP contribution in [0.1, 0.15) is 21.5 Å². The summed E-state index contributed by atoms with van der Waals surface area (Å²) in [4.78, 5) is 13.3. The van der Waals surface area contributed by atoms with Gasteiger partial charge in [0.05, 0.1) is 6.10 Å². The lowest BCUT2D eigenvalue weighted by Crippen LogP contribution is -2.33. The zero-order valence-electron chi connectivity index (χ0n) is 12.9. The van der Waals surface area contributed by atoms with E-state index in [1.807, 2.05) is 61.7 Å². The van der Waals surface area contributed by atoms with Crippen molar-refractivity contribution in [1.29, 1.82) is 0 Å². The highest BCUT2D eigenvalue weighted by atomic mass is 32.2. The van der Waals surface area contributed by atoms with Gasteiger partial charge in [-0.3, -0.25) is 4.79 Å². The molecule has 2 rings (SSSR count). The number of aryl methyl sites for hydroxylation is 1. The molecule has 0 saturated carbocycles. The minimum atomic E-state index is -0.588. The lowest BCUT2D eigenvalue weighted by Gasteiger charge is -2.13. The molecule has 0 saturated heterocycles. The van der Waals surface area contributed by atoms with Crippen LogP contribution < -0.4 is 5.32 Å². The molecule has 2 aromatic rings. The second kappa shape index (κ2) is 8.01. The van der Waals surface area contributed by atoms with E-state index in [-0.39, 0.29) is 12.5 Å². The van der Waals surface area contributed by atoms with Crippen molar-refractivity contribution in [3.05, 3.63) is 65.2 Å². The second-order valence-corrected chi connectivity index (χ2v) is 6.11. The van der Waals surface area contributed by atoms with Crippen molar-refractivity contribution < 1.29 is 9.90 Å². The van der Waals surface area contributed by atoms with Gasteiger partial charge < -0.3 is 10.4 Å². The van der Waals surface area contributed by atoms with E-state index in [0.29, 0.717) is 12.0 Å². The average molecular weight is 315 g/mol. The van der Waals surface area contributed by atoms with Gasteiger partial charge >= 0.3 is 0 Å². The molecule has 0 radical (unpaired) electrons. The number of hydrogen-bond acceptors (Lipinski definition) is 3. The van der Waals surface area contributed by atoms with Gasteiger partial charge in [-0.2, -0.15) is 0 Å². The molecule has 0 aliphatic heterocycles. The van der Waals surface area contributed by atoms with Crippen LogP contribution in [0.25, 0.3) is 0 Å². The van der Waals surface area contributed by atoms with E-state index in [4.69, 9.17) is 0 Å². The molecule has 1 unspecified atom stereocenters. The molecule has 2 aromatic carbocycles. The summed E-state index contributed by atoms with van der Waals surface area (Å²) in [5.74, 6) is -0.138. The highest BCUT2D eigenvalue weighted by Crippen LogP contribution is 2.19. The molecule has 2 N–H and O–H groups in total. The summed E-state index contributed by atoms with van der Waals surface area (Å²) in [6, 6.07) is 15.6. The van der Waals surface area contributed by atoms with E-state index < -0.39 is 6.10 Å². The maximum atomic E-state index is 12.3. The third kappa shape index (κ3) is 4.61. The Kier molecular flexibility index (Phi) is 6.04. The summed E-state index contributed by atoms with van der Waals surface area (Å²) in [6.45, 7) is 2.16. The summed E-state index contributed by atoms with van der Waals surface area (Å²) in [5.41, 5.74) is 2.66. The van der Waals surface area contributed by atoms with Crippen LogP contribution in [0.2, 0.25) is 0 Å². The number of aliphatic hydroxyl groups is 1. The molecule has 116 valence electrons. The lowest BCUT2D eigenvalue weighted by molar-refractivity contribution is 0.0915. The van der Waals surface area contributed by atoms with Gasteiger partial charge in [0, 0.05) is 23.4 Å². The summed E-state index contributed by atoms with van der Waals surface area (Å²) in [7, 11) is 0. The van der Waals surface area contributed by atoms with Gasteiger partial charge in [0.25, 0.3) is 5.91 Å². The van der Waals surface area contributed by atoms with Gasteiger partial charge in [-0.25, -0.2) is 0 Å². The first-order valence-electron chi connectivity index (χ1n) is 7.25. The molecule has 0 aliphatic rings. The van der Waals surface area contributed by atoms with Crippen LogP contribution in [0, 0.1) is 6.92 Å². The number of aliphatic hydroxyl groups excluding tert-OH is 1. The number of hydrogen-bond donors (Lipinski definition) is 2. The number of benzene rings is 2. The molecule has 0 heterocycles. The van der Waals surface area contributed by atoms with E-state index in [1.54, 1.807) is 11.8 Å². The Morgan fingerprint density at radius 1 is 1.23 bits per heavy atom. The van der Waals surface area contributed by atoms with Gasteiger partial charge in [-0.15, -0.1) is 11.8 Å². The summed E-state index contributed by atoms with van der Waals surface area (Å²) >= 11 is 1.61. The molecule has 1 atom stereocenters. The normalized spacial score (nSPS) is 12.0. The van der Waals surface area contributed by atoms with Gasteiger partial charge in [0.1, 0.15) is 0 Å². The number of amides is 1. The predicted molar refractivity (Wildman–Crippen MR) is 91.4 cm³/mol. The monoisotopic (exact) mass is 315 g/mol. The Morgan fingerprint density at radius 3 is 2.64 bits per heavy atom. The molecule has 22 heavy (non-hydrogen) atoms. The van der Waals surface area contributed by atoms with E-state index in [0.717, 1.165) is 16.0 Å². The van der Waals surface area contributed by atoms with E-state index >= 15 is 0 Å². The standard InChI is InChI=1S/C18H21NO2S/c1-13-8-9-16(22-2)11-17(13)18(21)19-12-15(20)10-14-6-4-3-5-7-14/h3-9,11,15,20H,10,12H2,1-2H3,(H,19,21). The third-order valence-corrected chi connectivity index (χ3v) is 4.23. The Bertz CT molecular complexity index is 628. The van der Waals surface area contributed by atoms with Crippen LogP contribution in [-0.4, -0.2) is 29.9 Å². The van der Waals surface area contributed by atoms with Crippen molar-refractivity contribution in [3.63, 3.8) is 0 Å². The van der Waals surface area contributed by atoms with Gasteiger partial charge in [0.2, 0.25) is 0 Å². The number of carbonyl (C=O) groups is 1. The van der Waals surface area contributed by atoms with Crippen molar-refractivity contribution in [1.82, 2.24) is 5.32 Å². The molecule has 0 aliphatic carbocycles. The van der Waals surface area contributed by atoms with Gasteiger partial charge in [-0.05, 0) is 36.4 Å². The van der Waals surface area contributed by atoms with Crippen molar-refractivity contribution in [3.8, 4) is 0 Å².